The van der Waals surface area contributed by atoms with Crippen molar-refractivity contribution in [2.45, 2.75) is 38.3 Å². The Morgan fingerprint density at radius 3 is 2.78 bits per heavy atom. The van der Waals surface area contributed by atoms with Crippen LogP contribution in [0.25, 0.3) is 0 Å². The molecule has 8 nitrogen and oxygen atoms in total. The van der Waals surface area contributed by atoms with Gasteiger partial charge in [-0.2, -0.15) is 5.10 Å². The third-order valence-corrected chi connectivity index (χ3v) is 6.17. The van der Waals surface area contributed by atoms with Gasteiger partial charge in [0.1, 0.15) is 0 Å². The molecule has 8 heteroatoms. The Bertz CT molecular complexity index is 888. The van der Waals surface area contributed by atoms with Crippen molar-refractivity contribution in [3.63, 3.8) is 0 Å². The molecule has 2 atom stereocenters. The first-order chi connectivity index (χ1) is 13.1. The SMILES string of the molecule is Cc1c(C(=O)N2C3CCC2c2cnc(N4CCOCC4)nc2C3)cnn1C. The summed E-state index contributed by atoms with van der Waals surface area (Å²) in [5.74, 6) is 0.871. The van der Waals surface area contributed by atoms with Crippen LogP contribution in [-0.4, -0.2) is 62.9 Å². The van der Waals surface area contributed by atoms with Crippen LogP contribution in [0.1, 0.15) is 46.2 Å². The molecule has 0 saturated carbocycles. The second-order valence-corrected chi connectivity index (χ2v) is 7.60. The van der Waals surface area contributed by atoms with Gasteiger partial charge < -0.3 is 14.5 Å². The summed E-state index contributed by atoms with van der Waals surface area (Å²) in [4.78, 5) is 27.0. The molecule has 2 saturated heterocycles. The highest BCUT2D eigenvalue weighted by Gasteiger charge is 2.44. The Kier molecular flexibility index (Phi) is 3.89. The quantitative estimate of drug-likeness (QED) is 0.794. The number of hydrogen-bond acceptors (Lipinski definition) is 6. The zero-order chi connectivity index (χ0) is 18.5. The lowest BCUT2D eigenvalue weighted by molar-refractivity contribution is 0.0643. The van der Waals surface area contributed by atoms with E-state index in [1.54, 1.807) is 10.9 Å². The van der Waals surface area contributed by atoms with Gasteiger partial charge in [-0.05, 0) is 19.8 Å². The number of morpholine rings is 1. The van der Waals surface area contributed by atoms with Crippen LogP contribution in [0.15, 0.2) is 12.4 Å². The molecule has 0 N–H and O–H groups in total. The second kappa shape index (κ2) is 6.30. The number of carbonyl (C=O) groups excluding carboxylic acids is 1. The van der Waals surface area contributed by atoms with E-state index in [1.165, 1.54) is 0 Å². The van der Waals surface area contributed by atoms with E-state index in [4.69, 9.17) is 9.72 Å². The third-order valence-electron chi connectivity index (χ3n) is 6.17. The number of amides is 1. The number of anilines is 1. The van der Waals surface area contributed by atoms with Crippen molar-refractivity contribution >= 4 is 11.9 Å². The molecule has 5 heterocycles. The Labute approximate surface area is 158 Å². The summed E-state index contributed by atoms with van der Waals surface area (Å²) < 4.78 is 7.18. The minimum absolute atomic E-state index is 0.0737. The maximum absolute atomic E-state index is 13.2. The van der Waals surface area contributed by atoms with Gasteiger partial charge in [-0.3, -0.25) is 9.48 Å². The maximum Gasteiger partial charge on any atom is 0.258 e. The van der Waals surface area contributed by atoms with E-state index in [1.807, 2.05) is 25.1 Å². The molecule has 1 amide bonds. The zero-order valence-electron chi connectivity index (χ0n) is 15.8. The van der Waals surface area contributed by atoms with Gasteiger partial charge in [-0.15, -0.1) is 0 Å². The highest BCUT2D eigenvalue weighted by atomic mass is 16.5. The van der Waals surface area contributed by atoms with Crippen LogP contribution in [0.3, 0.4) is 0 Å². The molecular formula is C19H24N6O2. The van der Waals surface area contributed by atoms with E-state index < -0.39 is 0 Å². The van der Waals surface area contributed by atoms with Crippen molar-refractivity contribution in [2.75, 3.05) is 31.2 Å². The number of carbonyl (C=O) groups is 1. The van der Waals surface area contributed by atoms with Gasteiger partial charge in [-0.1, -0.05) is 0 Å². The van der Waals surface area contributed by atoms with Crippen molar-refractivity contribution in [3.8, 4) is 0 Å². The summed E-state index contributed by atoms with van der Waals surface area (Å²) >= 11 is 0. The summed E-state index contributed by atoms with van der Waals surface area (Å²) in [6.07, 6.45) is 6.42. The molecule has 2 unspecified atom stereocenters. The first-order valence-electron chi connectivity index (χ1n) is 9.63. The summed E-state index contributed by atoms with van der Waals surface area (Å²) in [5.41, 5.74) is 3.81. The van der Waals surface area contributed by atoms with Crippen molar-refractivity contribution < 1.29 is 9.53 Å². The van der Waals surface area contributed by atoms with Crippen LogP contribution in [0.2, 0.25) is 0 Å². The van der Waals surface area contributed by atoms with Crippen LogP contribution >= 0.6 is 0 Å². The maximum atomic E-state index is 13.2. The number of rotatable bonds is 2. The van der Waals surface area contributed by atoms with Crippen molar-refractivity contribution in [1.29, 1.82) is 0 Å². The van der Waals surface area contributed by atoms with E-state index in [2.05, 4.69) is 15.0 Å². The van der Waals surface area contributed by atoms with Crippen molar-refractivity contribution in [2.24, 2.45) is 7.05 Å². The highest BCUT2D eigenvalue weighted by Crippen LogP contribution is 2.44. The van der Waals surface area contributed by atoms with Gasteiger partial charge in [0.25, 0.3) is 5.91 Å². The van der Waals surface area contributed by atoms with Crippen LogP contribution < -0.4 is 4.90 Å². The van der Waals surface area contributed by atoms with Gasteiger partial charge in [-0.25, -0.2) is 9.97 Å². The summed E-state index contributed by atoms with van der Waals surface area (Å²) in [5, 5.41) is 4.24. The molecule has 142 valence electrons. The number of hydrogen-bond donors (Lipinski definition) is 0. The fourth-order valence-corrected chi connectivity index (χ4v) is 4.54. The zero-order valence-corrected chi connectivity index (χ0v) is 15.8. The molecule has 0 radical (unpaired) electrons. The Morgan fingerprint density at radius 2 is 2.04 bits per heavy atom. The molecular weight excluding hydrogens is 344 g/mol. The molecule has 2 aromatic heterocycles. The van der Waals surface area contributed by atoms with Crippen molar-refractivity contribution in [3.05, 3.63) is 34.9 Å². The summed E-state index contributed by atoms with van der Waals surface area (Å²) in [7, 11) is 1.87. The van der Waals surface area contributed by atoms with Gasteiger partial charge in [0.2, 0.25) is 5.95 Å². The molecule has 2 fully saturated rings. The lowest BCUT2D eigenvalue weighted by atomic mass is 9.98. The number of nitrogens with zero attached hydrogens (tertiary/aromatic N) is 6. The van der Waals surface area contributed by atoms with Gasteiger partial charge >= 0.3 is 0 Å². The highest BCUT2D eigenvalue weighted by molar-refractivity contribution is 5.96. The summed E-state index contributed by atoms with van der Waals surface area (Å²) in [6.45, 7) is 5.04. The lowest BCUT2D eigenvalue weighted by Crippen LogP contribution is -2.43. The number of ether oxygens (including phenoxy) is 1. The predicted octanol–water partition coefficient (Wildman–Crippen LogP) is 1.26. The second-order valence-electron chi connectivity index (χ2n) is 7.60. The van der Waals surface area contributed by atoms with Crippen molar-refractivity contribution in [1.82, 2.24) is 24.6 Å². The lowest BCUT2D eigenvalue weighted by Gasteiger charge is -2.36. The van der Waals surface area contributed by atoms with Crippen LogP contribution in [0.5, 0.6) is 0 Å². The van der Waals surface area contributed by atoms with E-state index in [0.29, 0.717) is 5.56 Å². The Balaban J connectivity index is 1.45. The monoisotopic (exact) mass is 368 g/mol. The molecule has 0 aromatic carbocycles. The molecule has 2 bridgehead atoms. The van der Waals surface area contributed by atoms with E-state index >= 15 is 0 Å². The smallest absolute Gasteiger partial charge is 0.258 e. The number of aryl methyl sites for hydroxylation is 1. The molecule has 2 aromatic rings. The molecule has 5 rings (SSSR count). The third kappa shape index (κ3) is 2.62. The Morgan fingerprint density at radius 1 is 1.22 bits per heavy atom. The summed E-state index contributed by atoms with van der Waals surface area (Å²) in [6, 6.07) is 0.284. The fraction of sp³-hybridized carbons (Fsp3) is 0.579. The minimum Gasteiger partial charge on any atom is -0.378 e. The van der Waals surface area contributed by atoms with E-state index in [-0.39, 0.29) is 18.0 Å². The first kappa shape index (κ1) is 16.7. The van der Waals surface area contributed by atoms with Gasteiger partial charge in [0, 0.05) is 50.1 Å². The largest absolute Gasteiger partial charge is 0.378 e. The molecule has 0 aliphatic carbocycles. The molecule has 3 aliphatic heterocycles. The number of fused-ring (bicyclic) bond motifs is 4. The Hall–Kier alpha value is -2.48. The van der Waals surface area contributed by atoms with Gasteiger partial charge in [0.05, 0.1) is 36.7 Å². The standard InChI is InChI=1S/C19H24N6O2/c1-12-14(11-21-23(12)2)18(26)25-13-3-4-17(25)15-10-20-19(22-16(15)9-13)24-5-7-27-8-6-24/h10-11,13,17H,3-9H2,1-2H3. The van der Waals surface area contributed by atoms with E-state index in [9.17, 15) is 4.79 Å². The van der Waals surface area contributed by atoms with E-state index in [0.717, 1.165) is 68.5 Å². The van der Waals surface area contributed by atoms with Gasteiger partial charge in [0.15, 0.2) is 0 Å². The average molecular weight is 368 g/mol. The molecule has 3 aliphatic rings. The predicted molar refractivity (Wildman–Crippen MR) is 98.6 cm³/mol. The molecule has 27 heavy (non-hydrogen) atoms. The number of aromatic nitrogens is 4. The molecule has 0 spiro atoms. The van der Waals surface area contributed by atoms with Crippen LogP contribution in [-0.2, 0) is 18.2 Å². The van der Waals surface area contributed by atoms with Crippen LogP contribution in [0, 0.1) is 6.92 Å². The van der Waals surface area contributed by atoms with Crippen LogP contribution in [0.4, 0.5) is 5.95 Å². The average Bonchev–Trinajstić information content (AvgIpc) is 3.20. The minimum atomic E-state index is 0.0737. The topological polar surface area (TPSA) is 76.4 Å². The normalized spacial score (nSPS) is 24.2. The fourth-order valence-electron chi connectivity index (χ4n) is 4.54. The first-order valence-corrected chi connectivity index (χ1v) is 9.63.